The summed E-state index contributed by atoms with van der Waals surface area (Å²) in [6.07, 6.45) is 1.99. The molecule has 0 saturated carbocycles. The van der Waals surface area contributed by atoms with Gasteiger partial charge in [0.05, 0.1) is 22.2 Å². The van der Waals surface area contributed by atoms with Gasteiger partial charge in [0.15, 0.2) is 0 Å². The number of benzene rings is 2. The van der Waals surface area contributed by atoms with Crippen LogP contribution in [0.25, 0.3) is 20.8 Å². The van der Waals surface area contributed by atoms with Gasteiger partial charge in [-0.05, 0) is 68.3 Å². The zero-order valence-electron chi connectivity index (χ0n) is 21.1. The first-order valence-electron chi connectivity index (χ1n) is 12.5. The molecule has 4 aromatic rings. The van der Waals surface area contributed by atoms with Gasteiger partial charge in [0.25, 0.3) is 0 Å². The zero-order valence-corrected chi connectivity index (χ0v) is 23.6. The van der Waals surface area contributed by atoms with Crippen LogP contribution < -0.4 is 10.1 Å². The number of hydrogen-bond donors (Lipinski definition) is 1. The van der Waals surface area contributed by atoms with E-state index in [-0.39, 0.29) is 10.8 Å². The molecule has 1 N–H and O–H groups in total. The normalized spacial score (nSPS) is 18.5. The Balaban J connectivity index is 1.33. The molecule has 0 radical (unpaired) electrons. The standard InChI is InChI=1S/C27H28N4O4S3/c1-30-15-13-19-23(16-30)37-27(24(19)26-28-20-6-3-4-8-22(20)36-26)29-25(32)21-7-5-14-31(21)38(33,34)18-11-9-17(35-2)10-12-18/h3-4,6,8-12,21H,5,7,13-16H2,1-2H3,(H,29,32). The van der Waals surface area contributed by atoms with Crippen LogP contribution in [-0.4, -0.2) is 61.8 Å². The van der Waals surface area contributed by atoms with Gasteiger partial charge in [0.1, 0.15) is 21.8 Å². The highest BCUT2D eigenvalue weighted by molar-refractivity contribution is 7.89. The van der Waals surface area contributed by atoms with Crippen molar-refractivity contribution in [2.24, 2.45) is 0 Å². The van der Waals surface area contributed by atoms with Crippen molar-refractivity contribution in [3.63, 3.8) is 0 Å². The van der Waals surface area contributed by atoms with Crippen molar-refractivity contribution in [3.05, 3.63) is 59.0 Å². The highest BCUT2D eigenvalue weighted by Crippen LogP contribution is 2.46. The SMILES string of the molecule is COc1ccc(S(=O)(=O)N2CCCC2C(=O)Nc2sc3c(c2-c2nc4ccccc4s2)CCN(C)C3)cc1. The lowest BCUT2D eigenvalue weighted by Crippen LogP contribution is -2.43. The maximum absolute atomic E-state index is 13.7. The highest BCUT2D eigenvalue weighted by Gasteiger charge is 2.40. The van der Waals surface area contributed by atoms with Gasteiger partial charge < -0.3 is 15.0 Å². The van der Waals surface area contributed by atoms with Crippen molar-refractivity contribution >= 4 is 53.8 Å². The molecular formula is C27H28N4O4S3. The molecule has 198 valence electrons. The molecule has 6 rings (SSSR count). The van der Waals surface area contributed by atoms with E-state index < -0.39 is 16.1 Å². The lowest BCUT2D eigenvalue weighted by atomic mass is 10.0. The number of likely N-dealkylation sites (N-methyl/N-ethyl adjacent to an activating group) is 1. The van der Waals surface area contributed by atoms with E-state index in [1.165, 1.54) is 34.0 Å². The zero-order chi connectivity index (χ0) is 26.4. The molecule has 1 unspecified atom stereocenters. The molecule has 1 fully saturated rings. The molecule has 1 amide bonds. The smallest absolute Gasteiger partial charge is 0.243 e. The van der Waals surface area contributed by atoms with Gasteiger partial charge in [0.2, 0.25) is 15.9 Å². The predicted octanol–water partition coefficient (Wildman–Crippen LogP) is 4.81. The number of para-hydroxylation sites is 1. The summed E-state index contributed by atoms with van der Waals surface area (Å²) in [6.45, 7) is 2.06. The van der Waals surface area contributed by atoms with Crippen LogP contribution in [-0.2, 0) is 27.8 Å². The molecule has 1 atom stereocenters. The molecule has 2 aliphatic rings. The molecule has 11 heteroatoms. The van der Waals surface area contributed by atoms with Crippen LogP contribution in [0.3, 0.4) is 0 Å². The van der Waals surface area contributed by atoms with Crippen LogP contribution in [0.15, 0.2) is 53.4 Å². The van der Waals surface area contributed by atoms with Crippen molar-refractivity contribution < 1.29 is 17.9 Å². The summed E-state index contributed by atoms with van der Waals surface area (Å²) in [7, 11) is -0.205. The van der Waals surface area contributed by atoms with Gasteiger partial charge >= 0.3 is 0 Å². The van der Waals surface area contributed by atoms with E-state index in [4.69, 9.17) is 9.72 Å². The maximum atomic E-state index is 13.7. The first kappa shape index (κ1) is 25.4. The Morgan fingerprint density at radius 3 is 2.66 bits per heavy atom. The van der Waals surface area contributed by atoms with Gasteiger partial charge in [-0.15, -0.1) is 22.7 Å². The third-order valence-corrected chi connectivity index (χ3v) is 11.3. The number of nitrogens with one attached hydrogen (secondary N) is 1. The number of amides is 1. The van der Waals surface area contributed by atoms with Crippen molar-refractivity contribution in [3.8, 4) is 16.3 Å². The van der Waals surface area contributed by atoms with Gasteiger partial charge in [-0.25, -0.2) is 13.4 Å². The van der Waals surface area contributed by atoms with Crippen LogP contribution in [0.2, 0.25) is 0 Å². The molecule has 2 aromatic heterocycles. The highest BCUT2D eigenvalue weighted by atomic mass is 32.2. The second-order valence-corrected chi connectivity index (χ2v) is 13.6. The van der Waals surface area contributed by atoms with Gasteiger partial charge in [-0.2, -0.15) is 4.31 Å². The average Bonchev–Trinajstić information content (AvgIpc) is 3.65. The van der Waals surface area contributed by atoms with E-state index in [1.54, 1.807) is 34.8 Å². The Morgan fingerprint density at radius 2 is 1.89 bits per heavy atom. The number of thiophene rings is 1. The fourth-order valence-corrected chi connectivity index (χ4v) is 9.29. The summed E-state index contributed by atoms with van der Waals surface area (Å²) >= 11 is 3.20. The van der Waals surface area contributed by atoms with E-state index in [1.807, 2.05) is 18.2 Å². The first-order valence-corrected chi connectivity index (χ1v) is 15.6. The molecule has 8 nitrogen and oxygen atoms in total. The van der Waals surface area contributed by atoms with Gasteiger partial charge in [-0.1, -0.05) is 12.1 Å². The quantitative estimate of drug-likeness (QED) is 0.359. The summed E-state index contributed by atoms with van der Waals surface area (Å²) < 4.78 is 34.6. The van der Waals surface area contributed by atoms with Crippen LogP contribution >= 0.6 is 22.7 Å². The third-order valence-electron chi connectivity index (χ3n) is 7.16. The molecule has 1 saturated heterocycles. The molecule has 2 aliphatic heterocycles. The number of ether oxygens (including phenoxy) is 1. The Kier molecular flexibility index (Phi) is 6.73. The predicted molar refractivity (Wildman–Crippen MR) is 152 cm³/mol. The van der Waals surface area contributed by atoms with E-state index in [9.17, 15) is 13.2 Å². The summed E-state index contributed by atoms with van der Waals surface area (Å²) in [5, 5.41) is 4.78. The monoisotopic (exact) mass is 568 g/mol. The fourth-order valence-electron chi connectivity index (χ4n) is 5.19. The number of rotatable bonds is 6. The Morgan fingerprint density at radius 1 is 1.11 bits per heavy atom. The number of aromatic nitrogens is 1. The Bertz CT molecular complexity index is 1580. The maximum Gasteiger partial charge on any atom is 0.243 e. The lowest BCUT2D eigenvalue weighted by molar-refractivity contribution is -0.119. The van der Waals surface area contributed by atoms with Gasteiger partial charge in [0, 0.05) is 30.1 Å². The van der Waals surface area contributed by atoms with Gasteiger partial charge in [-0.3, -0.25) is 4.79 Å². The van der Waals surface area contributed by atoms with Crippen molar-refractivity contribution in [2.75, 3.05) is 32.6 Å². The Hall–Kier alpha value is -2.83. The van der Waals surface area contributed by atoms with E-state index in [0.717, 1.165) is 45.3 Å². The number of hydrogen-bond acceptors (Lipinski definition) is 8. The first-order chi connectivity index (χ1) is 18.3. The number of thiazole rings is 1. The van der Waals surface area contributed by atoms with Crippen LogP contribution in [0, 0.1) is 0 Å². The molecule has 0 aliphatic carbocycles. The molecule has 2 aromatic carbocycles. The molecular weight excluding hydrogens is 541 g/mol. The number of sulfonamides is 1. The number of nitrogens with zero attached hydrogens (tertiary/aromatic N) is 3. The van der Waals surface area contributed by atoms with Crippen LogP contribution in [0.1, 0.15) is 23.3 Å². The van der Waals surface area contributed by atoms with E-state index in [2.05, 4.69) is 23.3 Å². The van der Waals surface area contributed by atoms with E-state index in [0.29, 0.717) is 25.1 Å². The minimum Gasteiger partial charge on any atom is -0.497 e. The number of carbonyl (C=O) groups excluding carboxylic acids is 1. The number of methoxy groups -OCH3 is 1. The summed E-state index contributed by atoms with van der Waals surface area (Å²) in [5.41, 5.74) is 3.15. The fraction of sp³-hybridized carbons (Fsp3) is 0.333. The minimum atomic E-state index is -3.84. The minimum absolute atomic E-state index is 0.155. The third kappa shape index (κ3) is 4.52. The Labute approximate surface area is 229 Å². The van der Waals surface area contributed by atoms with Crippen LogP contribution in [0.5, 0.6) is 5.75 Å². The van der Waals surface area contributed by atoms with Crippen molar-refractivity contribution in [1.82, 2.24) is 14.2 Å². The molecule has 4 heterocycles. The second-order valence-electron chi connectivity index (χ2n) is 9.62. The molecule has 0 spiro atoms. The summed E-state index contributed by atoms with van der Waals surface area (Å²) in [5.74, 6) is 0.281. The average molecular weight is 569 g/mol. The van der Waals surface area contributed by atoms with Crippen molar-refractivity contribution in [2.45, 2.75) is 36.7 Å². The number of fused-ring (bicyclic) bond motifs is 2. The number of carbonyl (C=O) groups is 1. The lowest BCUT2D eigenvalue weighted by Gasteiger charge is -2.23. The van der Waals surface area contributed by atoms with E-state index >= 15 is 0 Å². The number of anilines is 1. The van der Waals surface area contributed by atoms with Crippen LogP contribution in [0.4, 0.5) is 5.00 Å². The molecule has 38 heavy (non-hydrogen) atoms. The summed E-state index contributed by atoms with van der Waals surface area (Å²) in [6, 6.07) is 13.6. The van der Waals surface area contributed by atoms with Crippen molar-refractivity contribution in [1.29, 1.82) is 0 Å². The largest absolute Gasteiger partial charge is 0.497 e. The summed E-state index contributed by atoms with van der Waals surface area (Å²) in [4.78, 5) is 22.2. The molecule has 0 bridgehead atoms. The second kappa shape index (κ2) is 10.0. The topological polar surface area (TPSA) is 91.8 Å².